The second kappa shape index (κ2) is 10.5. The third-order valence-corrected chi connectivity index (χ3v) is 3.31. The number of para-hydroxylation sites is 1. The van der Waals surface area contributed by atoms with Gasteiger partial charge in [-0.2, -0.15) is 0 Å². The number of nitrogens with zero attached hydrogens (tertiary/aromatic N) is 1. The van der Waals surface area contributed by atoms with Crippen molar-refractivity contribution >= 4 is 21.9 Å². The zero-order chi connectivity index (χ0) is 15.5. The van der Waals surface area contributed by atoms with Gasteiger partial charge in [0.1, 0.15) is 11.9 Å². The van der Waals surface area contributed by atoms with E-state index in [0.717, 1.165) is 36.4 Å². The minimum Gasteiger partial charge on any atom is -0.488 e. The van der Waals surface area contributed by atoms with Crippen LogP contribution in [-0.2, 0) is 4.74 Å². The first-order valence-electron chi connectivity index (χ1n) is 7.16. The van der Waals surface area contributed by atoms with Crippen molar-refractivity contribution in [1.29, 1.82) is 0 Å². The van der Waals surface area contributed by atoms with Crippen LogP contribution < -0.4 is 15.8 Å². The predicted molar refractivity (Wildman–Crippen MR) is 89.8 cm³/mol. The summed E-state index contributed by atoms with van der Waals surface area (Å²) in [4.78, 5) is 4.27. The second-order valence-electron chi connectivity index (χ2n) is 4.56. The average Bonchev–Trinajstić information content (AvgIpc) is 2.47. The topological polar surface area (TPSA) is 68.9 Å². The Morgan fingerprint density at radius 3 is 2.90 bits per heavy atom. The minimum atomic E-state index is -0.0486. The van der Waals surface area contributed by atoms with Gasteiger partial charge in [-0.1, -0.05) is 12.1 Å². The lowest BCUT2D eigenvalue weighted by molar-refractivity contribution is 0.145. The van der Waals surface area contributed by atoms with Crippen LogP contribution in [0, 0.1) is 0 Å². The SMILES string of the molecule is CCOCCCNC(N)=NCC(C)Oc1ccccc1Br. The lowest BCUT2D eigenvalue weighted by Gasteiger charge is -2.14. The molecule has 0 aliphatic heterocycles. The van der Waals surface area contributed by atoms with Crippen LogP contribution in [0.1, 0.15) is 20.3 Å². The van der Waals surface area contributed by atoms with Crippen LogP contribution >= 0.6 is 15.9 Å². The van der Waals surface area contributed by atoms with Crippen LogP contribution in [-0.4, -0.2) is 38.4 Å². The molecule has 1 aromatic carbocycles. The van der Waals surface area contributed by atoms with E-state index in [2.05, 4.69) is 26.2 Å². The molecule has 5 nitrogen and oxygen atoms in total. The average molecular weight is 358 g/mol. The molecular weight excluding hydrogens is 334 g/mol. The van der Waals surface area contributed by atoms with Crippen molar-refractivity contribution in [2.75, 3.05) is 26.3 Å². The molecule has 0 saturated carbocycles. The van der Waals surface area contributed by atoms with Crippen molar-refractivity contribution in [2.45, 2.75) is 26.4 Å². The van der Waals surface area contributed by atoms with E-state index in [1.165, 1.54) is 0 Å². The Kier molecular flexibility index (Phi) is 8.85. The van der Waals surface area contributed by atoms with Gasteiger partial charge in [-0.3, -0.25) is 0 Å². The summed E-state index contributed by atoms with van der Waals surface area (Å²) in [5, 5.41) is 3.06. The number of nitrogens with two attached hydrogens (primary N) is 1. The van der Waals surface area contributed by atoms with E-state index in [-0.39, 0.29) is 6.10 Å². The fourth-order valence-corrected chi connectivity index (χ4v) is 1.99. The summed E-state index contributed by atoms with van der Waals surface area (Å²) in [6, 6.07) is 7.74. The highest BCUT2D eigenvalue weighted by Gasteiger charge is 2.06. The molecule has 0 saturated heterocycles. The Morgan fingerprint density at radius 2 is 2.19 bits per heavy atom. The van der Waals surface area contributed by atoms with Gasteiger partial charge >= 0.3 is 0 Å². The molecule has 0 aliphatic rings. The Morgan fingerprint density at radius 1 is 1.43 bits per heavy atom. The van der Waals surface area contributed by atoms with Crippen LogP contribution in [0.5, 0.6) is 5.75 Å². The van der Waals surface area contributed by atoms with Gasteiger partial charge < -0.3 is 20.5 Å². The van der Waals surface area contributed by atoms with Crippen LogP contribution in [0.25, 0.3) is 0 Å². The van der Waals surface area contributed by atoms with Gasteiger partial charge in [0.25, 0.3) is 0 Å². The van der Waals surface area contributed by atoms with Gasteiger partial charge in [-0.25, -0.2) is 4.99 Å². The highest BCUT2D eigenvalue weighted by molar-refractivity contribution is 9.10. The van der Waals surface area contributed by atoms with Crippen molar-refractivity contribution in [3.05, 3.63) is 28.7 Å². The number of ether oxygens (including phenoxy) is 2. The van der Waals surface area contributed by atoms with E-state index in [0.29, 0.717) is 12.5 Å². The summed E-state index contributed by atoms with van der Waals surface area (Å²) in [6.45, 7) is 6.69. The first-order valence-corrected chi connectivity index (χ1v) is 7.95. The summed E-state index contributed by atoms with van der Waals surface area (Å²) < 4.78 is 12.0. The molecule has 0 spiro atoms. The van der Waals surface area contributed by atoms with Gasteiger partial charge in [0.05, 0.1) is 11.0 Å². The van der Waals surface area contributed by atoms with Crippen LogP contribution in [0.3, 0.4) is 0 Å². The van der Waals surface area contributed by atoms with Crippen LogP contribution in [0.4, 0.5) is 0 Å². The Balaban J connectivity index is 2.26. The first-order chi connectivity index (χ1) is 10.1. The van der Waals surface area contributed by atoms with Crippen molar-refractivity contribution in [1.82, 2.24) is 5.32 Å². The van der Waals surface area contributed by atoms with E-state index in [4.69, 9.17) is 15.2 Å². The number of hydrogen-bond donors (Lipinski definition) is 2. The van der Waals surface area contributed by atoms with Crippen molar-refractivity contribution in [3.63, 3.8) is 0 Å². The van der Waals surface area contributed by atoms with Gasteiger partial charge in [-0.15, -0.1) is 0 Å². The van der Waals surface area contributed by atoms with Gasteiger partial charge in [0.2, 0.25) is 0 Å². The number of hydrogen-bond acceptors (Lipinski definition) is 3. The summed E-state index contributed by atoms with van der Waals surface area (Å²) in [6.07, 6.45) is 0.861. The highest BCUT2D eigenvalue weighted by Crippen LogP contribution is 2.24. The molecule has 1 rings (SSSR count). The quantitative estimate of drug-likeness (QED) is 0.404. The maximum Gasteiger partial charge on any atom is 0.188 e. The molecule has 3 N–H and O–H groups in total. The Hall–Kier alpha value is -1.27. The number of benzene rings is 1. The molecule has 6 heteroatoms. The molecule has 0 aromatic heterocycles. The molecule has 0 heterocycles. The summed E-state index contributed by atoms with van der Waals surface area (Å²) in [5.74, 6) is 1.25. The first kappa shape index (κ1) is 17.8. The third kappa shape index (κ3) is 7.92. The number of halogens is 1. The number of guanidine groups is 1. The molecule has 0 fully saturated rings. The van der Waals surface area contributed by atoms with E-state index in [1.54, 1.807) is 0 Å². The maximum absolute atomic E-state index is 5.80. The van der Waals surface area contributed by atoms with Crippen molar-refractivity contribution in [2.24, 2.45) is 10.7 Å². The normalized spacial score (nSPS) is 13.0. The summed E-state index contributed by atoms with van der Waals surface area (Å²) in [7, 11) is 0. The molecule has 0 amide bonds. The third-order valence-electron chi connectivity index (χ3n) is 2.66. The monoisotopic (exact) mass is 357 g/mol. The van der Waals surface area contributed by atoms with Crippen molar-refractivity contribution < 1.29 is 9.47 Å². The van der Waals surface area contributed by atoms with E-state index < -0.39 is 0 Å². The molecule has 1 atom stereocenters. The summed E-state index contributed by atoms with van der Waals surface area (Å²) in [5.41, 5.74) is 5.79. The molecule has 1 unspecified atom stereocenters. The summed E-state index contributed by atoms with van der Waals surface area (Å²) >= 11 is 3.45. The van der Waals surface area contributed by atoms with Crippen LogP contribution in [0.2, 0.25) is 0 Å². The van der Waals surface area contributed by atoms with E-state index in [1.807, 2.05) is 38.1 Å². The van der Waals surface area contributed by atoms with Gasteiger partial charge in [-0.05, 0) is 48.3 Å². The minimum absolute atomic E-state index is 0.0486. The lowest BCUT2D eigenvalue weighted by Crippen LogP contribution is -2.34. The predicted octanol–water partition coefficient (Wildman–Crippen LogP) is 2.55. The van der Waals surface area contributed by atoms with Crippen molar-refractivity contribution in [3.8, 4) is 5.75 Å². The fraction of sp³-hybridized carbons (Fsp3) is 0.533. The Bertz CT molecular complexity index is 441. The molecule has 0 bridgehead atoms. The second-order valence-corrected chi connectivity index (χ2v) is 5.42. The van der Waals surface area contributed by atoms with E-state index in [9.17, 15) is 0 Å². The van der Waals surface area contributed by atoms with E-state index >= 15 is 0 Å². The molecule has 0 aliphatic carbocycles. The highest BCUT2D eigenvalue weighted by atomic mass is 79.9. The number of aliphatic imine (C=N–C) groups is 1. The molecular formula is C15H24BrN3O2. The number of nitrogens with one attached hydrogen (secondary N) is 1. The smallest absolute Gasteiger partial charge is 0.188 e. The zero-order valence-electron chi connectivity index (χ0n) is 12.6. The van der Waals surface area contributed by atoms with Gasteiger partial charge in [0.15, 0.2) is 5.96 Å². The fourth-order valence-electron chi connectivity index (χ4n) is 1.61. The van der Waals surface area contributed by atoms with Crippen LogP contribution in [0.15, 0.2) is 33.7 Å². The zero-order valence-corrected chi connectivity index (χ0v) is 14.2. The molecule has 21 heavy (non-hydrogen) atoms. The Labute approximate surface area is 135 Å². The standard InChI is InChI=1S/C15H24BrN3O2/c1-3-20-10-6-9-18-15(17)19-11-12(2)21-14-8-5-4-7-13(14)16/h4-5,7-8,12H,3,6,9-11H2,1-2H3,(H3,17,18,19). The molecule has 0 radical (unpaired) electrons. The molecule has 118 valence electrons. The molecule has 1 aromatic rings. The largest absolute Gasteiger partial charge is 0.488 e. The van der Waals surface area contributed by atoms with Gasteiger partial charge in [0, 0.05) is 19.8 Å². The maximum atomic E-state index is 5.80. The lowest BCUT2D eigenvalue weighted by atomic mass is 10.3. The number of rotatable bonds is 9.